The summed E-state index contributed by atoms with van der Waals surface area (Å²) in [5.74, 6) is -0.950. The van der Waals surface area contributed by atoms with E-state index >= 15 is 0 Å². The molecule has 0 heterocycles. The number of anilines is 1. The molecule has 2 N–H and O–H groups in total. The highest BCUT2D eigenvalue weighted by molar-refractivity contribution is 7.92. The minimum absolute atomic E-state index is 0.0839. The number of nitrogens with zero attached hydrogens (tertiary/aromatic N) is 1. The molecule has 2 rings (SSSR count). The van der Waals surface area contributed by atoms with E-state index in [2.05, 4.69) is 0 Å². The van der Waals surface area contributed by atoms with Crippen molar-refractivity contribution in [2.75, 3.05) is 18.0 Å². The number of carbonyl (C=O) groups is 1. The fraction of sp³-hybridized carbons (Fsp3) is 0.462. The molecule has 1 aliphatic rings. The lowest BCUT2D eigenvalue weighted by Gasteiger charge is -2.20. The lowest BCUT2D eigenvalue weighted by Crippen LogP contribution is -2.37. The zero-order chi connectivity index (χ0) is 14.9. The maximum absolute atomic E-state index is 12.3. The van der Waals surface area contributed by atoms with E-state index < -0.39 is 15.6 Å². The fourth-order valence-electron chi connectivity index (χ4n) is 2.11. The molecular formula is C13H17ClN2O3S. The number of carbonyl (C=O) groups excluding carboxylic acids is 1. The highest BCUT2D eigenvalue weighted by atomic mass is 35.5. The molecule has 0 saturated heterocycles. The second kappa shape index (κ2) is 5.61. The van der Waals surface area contributed by atoms with E-state index in [1.54, 1.807) is 4.90 Å². The number of amides is 1. The topological polar surface area (TPSA) is 80.5 Å². The van der Waals surface area contributed by atoms with E-state index in [0.717, 1.165) is 12.8 Å². The molecule has 0 aromatic heterocycles. The second-order valence-corrected chi connectivity index (χ2v) is 7.23. The molecular weight excluding hydrogens is 300 g/mol. The number of halogens is 1. The summed E-state index contributed by atoms with van der Waals surface area (Å²) < 4.78 is 24.6. The number of nitrogens with two attached hydrogens (primary N) is 1. The van der Waals surface area contributed by atoms with Crippen LogP contribution in [-0.4, -0.2) is 37.6 Å². The van der Waals surface area contributed by atoms with Crippen LogP contribution in [0, 0.1) is 0 Å². The van der Waals surface area contributed by atoms with Crippen molar-refractivity contribution in [1.29, 1.82) is 0 Å². The smallest absolute Gasteiger partial charge is 0.238 e. The largest absolute Gasteiger partial charge is 0.399 e. The van der Waals surface area contributed by atoms with Crippen LogP contribution in [0.3, 0.4) is 0 Å². The van der Waals surface area contributed by atoms with E-state index in [9.17, 15) is 13.2 Å². The van der Waals surface area contributed by atoms with Crippen molar-refractivity contribution in [2.24, 2.45) is 0 Å². The van der Waals surface area contributed by atoms with Gasteiger partial charge < -0.3 is 10.6 Å². The lowest BCUT2D eigenvalue weighted by molar-refractivity contribution is -0.128. The summed E-state index contributed by atoms with van der Waals surface area (Å²) >= 11 is 5.89. The normalized spacial score (nSPS) is 15.1. The first-order valence-corrected chi connectivity index (χ1v) is 8.45. The van der Waals surface area contributed by atoms with Crippen LogP contribution in [-0.2, 0) is 14.6 Å². The molecule has 0 aliphatic heterocycles. The molecule has 1 amide bonds. The molecule has 0 spiro atoms. The van der Waals surface area contributed by atoms with Crippen LogP contribution in [0.5, 0.6) is 0 Å². The van der Waals surface area contributed by atoms with Gasteiger partial charge in [0.1, 0.15) is 5.75 Å². The summed E-state index contributed by atoms with van der Waals surface area (Å²) in [6.07, 6.45) is 1.89. The summed E-state index contributed by atoms with van der Waals surface area (Å²) in [4.78, 5) is 13.6. The molecule has 20 heavy (non-hydrogen) atoms. The molecule has 1 aromatic carbocycles. The number of rotatable bonds is 5. The molecule has 1 aliphatic carbocycles. The molecule has 0 unspecified atom stereocenters. The maximum atomic E-state index is 12.3. The molecule has 0 atom stereocenters. The number of nitrogen functional groups attached to an aromatic ring is 1. The zero-order valence-corrected chi connectivity index (χ0v) is 12.7. The maximum Gasteiger partial charge on any atom is 0.238 e. The van der Waals surface area contributed by atoms with Gasteiger partial charge in [-0.05, 0) is 38.0 Å². The van der Waals surface area contributed by atoms with Gasteiger partial charge in [-0.1, -0.05) is 11.6 Å². The van der Waals surface area contributed by atoms with Gasteiger partial charge in [0.2, 0.25) is 5.91 Å². The summed E-state index contributed by atoms with van der Waals surface area (Å²) in [5, 5.41) is 0.0847. The van der Waals surface area contributed by atoms with Crippen LogP contribution >= 0.6 is 11.6 Å². The molecule has 110 valence electrons. The molecule has 0 bridgehead atoms. The quantitative estimate of drug-likeness (QED) is 0.838. The third kappa shape index (κ3) is 3.24. The zero-order valence-electron chi connectivity index (χ0n) is 11.2. The van der Waals surface area contributed by atoms with Gasteiger partial charge in [-0.3, -0.25) is 4.79 Å². The Hall–Kier alpha value is -1.27. The first-order chi connectivity index (χ1) is 9.35. The second-order valence-electron chi connectivity index (χ2n) is 4.86. The van der Waals surface area contributed by atoms with Gasteiger partial charge in [0.25, 0.3) is 0 Å². The standard InChI is InChI=1S/C13H17ClN2O3S/c1-2-16(10-4-5-10)13(17)8-20(18,19)12-7-9(15)3-6-11(12)14/h3,6-7,10H,2,4-5,8,15H2,1H3. The van der Waals surface area contributed by atoms with E-state index in [-0.39, 0.29) is 21.9 Å². The molecule has 7 heteroatoms. The summed E-state index contributed by atoms with van der Waals surface area (Å²) in [6, 6.07) is 4.43. The Balaban J connectivity index is 2.22. The van der Waals surface area contributed by atoms with E-state index in [1.807, 2.05) is 6.92 Å². The summed E-state index contributed by atoms with van der Waals surface area (Å²) in [7, 11) is -3.78. The molecule has 1 aromatic rings. The van der Waals surface area contributed by atoms with Gasteiger partial charge in [0.15, 0.2) is 9.84 Å². The van der Waals surface area contributed by atoms with Crippen molar-refractivity contribution < 1.29 is 13.2 Å². The number of hydrogen-bond acceptors (Lipinski definition) is 4. The Morgan fingerprint density at radius 3 is 2.65 bits per heavy atom. The average molecular weight is 317 g/mol. The van der Waals surface area contributed by atoms with Crippen molar-refractivity contribution in [2.45, 2.75) is 30.7 Å². The fourth-order valence-corrected chi connectivity index (χ4v) is 3.90. The van der Waals surface area contributed by atoms with Crippen LogP contribution in [0.25, 0.3) is 0 Å². The minimum Gasteiger partial charge on any atom is -0.399 e. The van der Waals surface area contributed by atoms with Gasteiger partial charge in [0.05, 0.1) is 9.92 Å². The Kier molecular flexibility index (Phi) is 4.25. The van der Waals surface area contributed by atoms with Crippen LogP contribution in [0.2, 0.25) is 5.02 Å². The highest BCUT2D eigenvalue weighted by Crippen LogP contribution is 2.28. The number of sulfone groups is 1. The lowest BCUT2D eigenvalue weighted by atomic mass is 10.3. The average Bonchev–Trinajstić information content (AvgIpc) is 3.17. The van der Waals surface area contributed by atoms with Crippen LogP contribution in [0.4, 0.5) is 5.69 Å². The highest BCUT2D eigenvalue weighted by Gasteiger charge is 2.34. The monoisotopic (exact) mass is 316 g/mol. The SMILES string of the molecule is CCN(C(=O)CS(=O)(=O)c1cc(N)ccc1Cl)C1CC1. The summed E-state index contributed by atoms with van der Waals surface area (Å²) in [6.45, 7) is 2.36. The molecule has 1 fully saturated rings. The first-order valence-electron chi connectivity index (χ1n) is 6.42. The van der Waals surface area contributed by atoms with Crippen LogP contribution in [0.15, 0.2) is 23.1 Å². The van der Waals surface area contributed by atoms with Crippen molar-refractivity contribution in [1.82, 2.24) is 4.90 Å². The van der Waals surface area contributed by atoms with Crippen molar-refractivity contribution in [3.63, 3.8) is 0 Å². The van der Waals surface area contributed by atoms with Crippen molar-refractivity contribution in [3.05, 3.63) is 23.2 Å². The van der Waals surface area contributed by atoms with Gasteiger partial charge >= 0.3 is 0 Å². The molecule has 0 radical (unpaired) electrons. The minimum atomic E-state index is -3.78. The third-order valence-corrected chi connectivity index (χ3v) is 5.33. The Labute approximate surface area is 123 Å². The Bertz CT molecular complexity index is 627. The van der Waals surface area contributed by atoms with Gasteiger partial charge in [0, 0.05) is 18.3 Å². The Morgan fingerprint density at radius 1 is 1.45 bits per heavy atom. The van der Waals surface area contributed by atoms with Gasteiger partial charge in [-0.25, -0.2) is 8.42 Å². The van der Waals surface area contributed by atoms with Crippen molar-refractivity contribution >= 4 is 33.0 Å². The number of benzene rings is 1. The molecule has 5 nitrogen and oxygen atoms in total. The van der Waals surface area contributed by atoms with E-state index in [1.165, 1.54) is 18.2 Å². The molecule has 1 saturated carbocycles. The van der Waals surface area contributed by atoms with E-state index in [0.29, 0.717) is 12.2 Å². The Morgan fingerprint density at radius 2 is 2.10 bits per heavy atom. The van der Waals surface area contributed by atoms with Gasteiger partial charge in [-0.15, -0.1) is 0 Å². The van der Waals surface area contributed by atoms with Crippen LogP contribution in [0.1, 0.15) is 19.8 Å². The van der Waals surface area contributed by atoms with Crippen LogP contribution < -0.4 is 5.73 Å². The van der Waals surface area contributed by atoms with Crippen molar-refractivity contribution in [3.8, 4) is 0 Å². The predicted molar refractivity (Wildman–Crippen MR) is 78.3 cm³/mol. The van der Waals surface area contributed by atoms with Gasteiger partial charge in [-0.2, -0.15) is 0 Å². The number of hydrogen-bond donors (Lipinski definition) is 1. The third-order valence-electron chi connectivity index (χ3n) is 3.25. The van der Waals surface area contributed by atoms with E-state index in [4.69, 9.17) is 17.3 Å². The predicted octanol–water partition coefficient (Wildman–Crippen LogP) is 1.71. The summed E-state index contributed by atoms with van der Waals surface area (Å²) in [5.41, 5.74) is 5.88. The first kappa shape index (κ1) is 15.1.